The molecule has 1 heterocycles. The number of amides is 1. The summed E-state index contributed by atoms with van der Waals surface area (Å²) in [5.74, 6) is 0.194. The van der Waals surface area contributed by atoms with Crippen LogP contribution >= 0.6 is 0 Å². The Labute approximate surface area is 105 Å². The average Bonchev–Trinajstić information content (AvgIpc) is 2.31. The summed E-state index contributed by atoms with van der Waals surface area (Å²) in [5, 5.41) is 3.47. The largest absolute Gasteiger partial charge is 0.345 e. The van der Waals surface area contributed by atoms with Crippen molar-refractivity contribution in [2.75, 3.05) is 27.2 Å². The molecule has 1 aliphatic heterocycles. The van der Waals surface area contributed by atoms with Crippen molar-refractivity contribution in [3.63, 3.8) is 0 Å². The number of nitrogens with one attached hydrogen (secondary N) is 1. The normalized spacial score (nSPS) is 27.8. The average molecular weight is 241 g/mol. The molecule has 4 nitrogen and oxygen atoms in total. The molecule has 3 unspecified atom stereocenters. The SMILES string of the molecule is CCN(C)C(=O)C(C)NC1CCN(C)C(C)C1. The van der Waals surface area contributed by atoms with Gasteiger partial charge >= 0.3 is 0 Å². The number of rotatable bonds is 4. The van der Waals surface area contributed by atoms with E-state index in [1.165, 1.54) is 0 Å². The summed E-state index contributed by atoms with van der Waals surface area (Å²) < 4.78 is 0. The Morgan fingerprint density at radius 1 is 1.59 bits per heavy atom. The van der Waals surface area contributed by atoms with Gasteiger partial charge < -0.3 is 15.1 Å². The number of carbonyl (C=O) groups is 1. The van der Waals surface area contributed by atoms with Gasteiger partial charge in [-0.3, -0.25) is 4.79 Å². The molecule has 0 aromatic rings. The summed E-state index contributed by atoms with van der Waals surface area (Å²) in [6.45, 7) is 8.11. The van der Waals surface area contributed by atoms with Crippen LogP contribution < -0.4 is 5.32 Å². The predicted octanol–water partition coefficient (Wildman–Crippen LogP) is 0.926. The summed E-state index contributed by atoms with van der Waals surface area (Å²) in [7, 11) is 4.03. The number of piperidine rings is 1. The molecule has 0 bridgehead atoms. The second-order valence-electron chi connectivity index (χ2n) is 5.29. The Morgan fingerprint density at radius 3 is 2.76 bits per heavy atom. The number of likely N-dealkylation sites (tertiary alicyclic amines) is 1. The lowest BCUT2D eigenvalue weighted by atomic mass is 9.98. The van der Waals surface area contributed by atoms with Crippen molar-refractivity contribution in [2.24, 2.45) is 0 Å². The second-order valence-corrected chi connectivity index (χ2v) is 5.29. The summed E-state index contributed by atoms with van der Waals surface area (Å²) in [6.07, 6.45) is 2.26. The zero-order valence-electron chi connectivity index (χ0n) is 11.9. The molecule has 0 aliphatic carbocycles. The fourth-order valence-corrected chi connectivity index (χ4v) is 2.35. The number of likely N-dealkylation sites (N-methyl/N-ethyl adjacent to an activating group) is 1. The van der Waals surface area contributed by atoms with Crippen LogP contribution in [0.4, 0.5) is 0 Å². The molecule has 17 heavy (non-hydrogen) atoms. The van der Waals surface area contributed by atoms with E-state index in [1.807, 2.05) is 20.9 Å². The highest BCUT2D eigenvalue weighted by molar-refractivity contribution is 5.81. The van der Waals surface area contributed by atoms with Crippen molar-refractivity contribution in [2.45, 2.75) is 51.7 Å². The maximum atomic E-state index is 11.9. The molecule has 1 rings (SSSR count). The van der Waals surface area contributed by atoms with Crippen LogP contribution in [0, 0.1) is 0 Å². The first-order valence-corrected chi connectivity index (χ1v) is 6.67. The topological polar surface area (TPSA) is 35.6 Å². The first kappa shape index (κ1) is 14.5. The molecule has 100 valence electrons. The highest BCUT2D eigenvalue weighted by Gasteiger charge is 2.26. The van der Waals surface area contributed by atoms with E-state index in [-0.39, 0.29) is 11.9 Å². The molecular formula is C13H27N3O. The first-order valence-electron chi connectivity index (χ1n) is 6.67. The van der Waals surface area contributed by atoms with Gasteiger partial charge in [-0.1, -0.05) is 0 Å². The van der Waals surface area contributed by atoms with Crippen molar-refractivity contribution < 1.29 is 4.79 Å². The first-order chi connectivity index (χ1) is 7.95. The third-order valence-electron chi connectivity index (χ3n) is 3.92. The van der Waals surface area contributed by atoms with E-state index < -0.39 is 0 Å². The zero-order valence-corrected chi connectivity index (χ0v) is 11.9. The van der Waals surface area contributed by atoms with Gasteiger partial charge in [0.1, 0.15) is 0 Å². The molecule has 1 saturated heterocycles. The van der Waals surface area contributed by atoms with E-state index in [1.54, 1.807) is 4.90 Å². The van der Waals surface area contributed by atoms with E-state index in [9.17, 15) is 4.79 Å². The van der Waals surface area contributed by atoms with Crippen LogP contribution in [0.15, 0.2) is 0 Å². The van der Waals surface area contributed by atoms with E-state index in [2.05, 4.69) is 24.2 Å². The van der Waals surface area contributed by atoms with Crippen molar-refractivity contribution in [1.29, 1.82) is 0 Å². The number of nitrogens with zero attached hydrogens (tertiary/aromatic N) is 2. The van der Waals surface area contributed by atoms with E-state index in [4.69, 9.17) is 0 Å². The Kier molecular flexibility index (Phi) is 5.40. The standard InChI is InChI=1S/C13H27N3O/c1-6-15(4)13(17)11(3)14-12-7-8-16(5)10(2)9-12/h10-12,14H,6-9H2,1-5H3. The van der Waals surface area contributed by atoms with Crippen LogP contribution in [0.5, 0.6) is 0 Å². The lowest BCUT2D eigenvalue weighted by Crippen LogP contribution is -2.52. The highest BCUT2D eigenvalue weighted by Crippen LogP contribution is 2.15. The van der Waals surface area contributed by atoms with Gasteiger partial charge in [0.25, 0.3) is 0 Å². The fraction of sp³-hybridized carbons (Fsp3) is 0.923. The Bertz CT molecular complexity index is 257. The van der Waals surface area contributed by atoms with Crippen molar-refractivity contribution in [3.05, 3.63) is 0 Å². The van der Waals surface area contributed by atoms with Crippen molar-refractivity contribution >= 4 is 5.91 Å². The molecule has 1 amide bonds. The minimum Gasteiger partial charge on any atom is -0.345 e. The maximum Gasteiger partial charge on any atom is 0.239 e. The van der Waals surface area contributed by atoms with Gasteiger partial charge in [-0.25, -0.2) is 0 Å². The van der Waals surface area contributed by atoms with Crippen LogP contribution in [-0.4, -0.2) is 61.0 Å². The summed E-state index contributed by atoms with van der Waals surface area (Å²) in [6, 6.07) is 1.01. The monoisotopic (exact) mass is 241 g/mol. The zero-order chi connectivity index (χ0) is 13.0. The summed E-state index contributed by atoms with van der Waals surface area (Å²) >= 11 is 0. The van der Waals surface area contributed by atoms with Gasteiger partial charge in [-0.2, -0.15) is 0 Å². The second kappa shape index (κ2) is 6.36. The summed E-state index contributed by atoms with van der Waals surface area (Å²) in [5.41, 5.74) is 0. The molecule has 1 aliphatic rings. The molecule has 4 heteroatoms. The van der Waals surface area contributed by atoms with Gasteiger partial charge in [0, 0.05) is 25.7 Å². The van der Waals surface area contributed by atoms with Crippen LogP contribution in [-0.2, 0) is 4.79 Å². The Balaban J connectivity index is 2.41. The van der Waals surface area contributed by atoms with Crippen molar-refractivity contribution in [1.82, 2.24) is 15.1 Å². The quantitative estimate of drug-likeness (QED) is 0.795. The predicted molar refractivity (Wildman–Crippen MR) is 71.0 cm³/mol. The molecule has 0 saturated carbocycles. The van der Waals surface area contributed by atoms with Crippen LogP contribution in [0.2, 0.25) is 0 Å². The van der Waals surface area contributed by atoms with Gasteiger partial charge in [0.2, 0.25) is 5.91 Å². The molecule has 0 aromatic heterocycles. The van der Waals surface area contributed by atoms with E-state index in [0.717, 1.165) is 25.9 Å². The molecule has 0 spiro atoms. The third kappa shape index (κ3) is 3.96. The Hall–Kier alpha value is -0.610. The van der Waals surface area contributed by atoms with Gasteiger partial charge in [-0.05, 0) is 47.2 Å². The number of hydrogen-bond acceptors (Lipinski definition) is 3. The molecule has 1 N–H and O–H groups in total. The van der Waals surface area contributed by atoms with Crippen molar-refractivity contribution in [3.8, 4) is 0 Å². The van der Waals surface area contributed by atoms with Crippen LogP contribution in [0.1, 0.15) is 33.6 Å². The Morgan fingerprint density at radius 2 is 2.24 bits per heavy atom. The molecular weight excluding hydrogens is 214 g/mol. The van der Waals surface area contributed by atoms with Crippen LogP contribution in [0.25, 0.3) is 0 Å². The smallest absolute Gasteiger partial charge is 0.239 e. The molecule has 0 aromatic carbocycles. The summed E-state index contributed by atoms with van der Waals surface area (Å²) in [4.78, 5) is 16.1. The maximum absolute atomic E-state index is 11.9. The minimum atomic E-state index is -0.0689. The van der Waals surface area contributed by atoms with E-state index in [0.29, 0.717) is 12.1 Å². The number of hydrogen-bond donors (Lipinski definition) is 1. The molecule has 1 fully saturated rings. The van der Waals surface area contributed by atoms with Gasteiger partial charge in [0.15, 0.2) is 0 Å². The van der Waals surface area contributed by atoms with Crippen LogP contribution in [0.3, 0.4) is 0 Å². The number of carbonyl (C=O) groups excluding carboxylic acids is 1. The lowest BCUT2D eigenvalue weighted by molar-refractivity contribution is -0.131. The molecule has 3 atom stereocenters. The van der Waals surface area contributed by atoms with E-state index >= 15 is 0 Å². The lowest BCUT2D eigenvalue weighted by Gasteiger charge is -2.36. The highest BCUT2D eigenvalue weighted by atomic mass is 16.2. The third-order valence-corrected chi connectivity index (χ3v) is 3.92. The molecule has 0 radical (unpaired) electrons. The minimum absolute atomic E-state index is 0.0689. The van der Waals surface area contributed by atoms with Gasteiger partial charge in [-0.15, -0.1) is 0 Å². The fourth-order valence-electron chi connectivity index (χ4n) is 2.35. The van der Waals surface area contributed by atoms with Gasteiger partial charge in [0.05, 0.1) is 6.04 Å².